The van der Waals surface area contributed by atoms with E-state index in [1.54, 1.807) is 5.31 Å². The third-order valence-corrected chi connectivity index (χ3v) is 2.56. The summed E-state index contributed by atoms with van der Waals surface area (Å²) >= 11 is 0. The van der Waals surface area contributed by atoms with Crippen LogP contribution in [0.1, 0.15) is 25.7 Å². The van der Waals surface area contributed by atoms with Crippen molar-refractivity contribution in [3.63, 3.8) is 0 Å². The lowest BCUT2D eigenvalue weighted by atomic mass is 9.95. The highest BCUT2D eigenvalue weighted by Crippen LogP contribution is 2.52. The minimum absolute atomic E-state index is 0.748. The van der Waals surface area contributed by atoms with Gasteiger partial charge in [-0.15, -0.1) is 0 Å². The number of hydrogen-bond acceptors (Lipinski definition) is 1. The van der Waals surface area contributed by atoms with Crippen molar-refractivity contribution < 1.29 is 1.41 Å². The molecule has 1 heterocycles. The van der Waals surface area contributed by atoms with Crippen LogP contribution in [0, 0.1) is 5.41 Å². The Kier molecular flexibility index (Phi) is 0.715. The fourth-order valence-corrected chi connectivity index (χ4v) is 1.55. The molecule has 0 amide bonds. The van der Waals surface area contributed by atoms with Crippen LogP contribution in [0.3, 0.4) is 0 Å². The first kappa shape index (κ1) is 3.89. The third kappa shape index (κ3) is 0.655. The maximum absolute atomic E-state index is 7.31. The van der Waals surface area contributed by atoms with E-state index >= 15 is 0 Å². The molecule has 0 bridgehead atoms. The number of rotatable bonds is 0. The zero-order chi connectivity index (χ0) is 6.32. The minimum atomic E-state index is 0.748. The summed E-state index contributed by atoms with van der Waals surface area (Å²) in [6.07, 6.45) is 5.47. The van der Waals surface area contributed by atoms with E-state index in [2.05, 4.69) is 0 Å². The van der Waals surface area contributed by atoms with Crippen LogP contribution in [0.4, 0.5) is 0 Å². The molecule has 2 rings (SSSR count). The highest BCUT2D eigenvalue weighted by atomic mass is 14.9. The molecule has 1 N–H and O–H groups in total. The molecule has 1 heteroatoms. The van der Waals surface area contributed by atoms with Crippen LogP contribution in [0.25, 0.3) is 0 Å². The monoisotopic (exact) mass is 112 g/mol. The molecule has 0 unspecified atom stereocenters. The Morgan fingerprint density at radius 2 is 1.75 bits per heavy atom. The second kappa shape index (κ2) is 1.47. The summed E-state index contributed by atoms with van der Waals surface area (Å²) in [6, 6.07) is 0. The molecule has 1 saturated heterocycles. The molecule has 0 aromatic carbocycles. The average Bonchev–Trinajstić information content (AvgIpc) is 2.60. The SMILES string of the molecule is [2H]N1CCC2(CC1)CC2. The standard InChI is InChI=1S/C7H13N/c1-2-7(1)3-5-8-6-4-7/h8H,1-6H2/i/hD. The quantitative estimate of drug-likeness (QED) is 0.495. The molecule has 0 aromatic heterocycles. The third-order valence-electron chi connectivity index (χ3n) is 2.56. The van der Waals surface area contributed by atoms with Crippen LogP contribution in [0.2, 0.25) is 1.41 Å². The van der Waals surface area contributed by atoms with Gasteiger partial charge in [-0.25, -0.2) is 0 Å². The zero-order valence-corrected chi connectivity index (χ0v) is 5.19. The fourth-order valence-electron chi connectivity index (χ4n) is 1.55. The molecule has 8 heavy (non-hydrogen) atoms. The first-order valence-corrected chi connectivity index (χ1v) is 3.55. The fraction of sp³-hybridized carbons (Fsp3) is 1.00. The Morgan fingerprint density at radius 3 is 2.25 bits per heavy atom. The van der Waals surface area contributed by atoms with Gasteiger partial charge < -0.3 is 5.31 Å². The van der Waals surface area contributed by atoms with E-state index in [9.17, 15) is 0 Å². The van der Waals surface area contributed by atoms with E-state index in [1.807, 2.05) is 0 Å². The Hall–Kier alpha value is -0.0400. The molecule has 1 aliphatic carbocycles. The number of piperidine rings is 1. The minimum Gasteiger partial charge on any atom is -0.317 e. The molecule has 2 fully saturated rings. The molecular weight excluding hydrogens is 98.1 g/mol. The van der Waals surface area contributed by atoms with Crippen LogP contribution in [-0.2, 0) is 0 Å². The van der Waals surface area contributed by atoms with E-state index in [0.29, 0.717) is 0 Å². The predicted octanol–water partition coefficient (Wildman–Crippen LogP) is 1.15. The predicted molar refractivity (Wildman–Crippen MR) is 33.8 cm³/mol. The smallest absolute Gasteiger partial charge is 0.122 e. The summed E-state index contributed by atoms with van der Waals surface area (Å²) in [6.45, 7) is 2.03. The topological polar surface area (TPSA) is 12.0 Å². The first-order valence-electron chi connectivity index (χ1n) is 3.99. The van der Waals surface area contributed by atoms with Gasteiger partial charge in [0.05, 0.1) is 0 Å². The molecule has 1 aliphatic heterocycles. The molecule has 1 saturated carbocycles. The van der Waals surface area contributed by atoms with E-state index in [4.69, 9.17) is 1.41 Å². The van der Waals surface area contributed by atoms with Gasteiger partial charge in [-0.05, 0) is 44.2 Å². The number of nitrogens with one attached hydrogen (secondary N) is 1. The van der Waals surface area contributed by atoms with Crippen molar-refractivity contribution in [3.8, 4) is 0 Å². The molecule has 46 valence electrons. The molecule has 1 nitrogen and oxygen atoms in total. The van der Waals surface area contributed by atoms with Crippen molar-refractivity contribution in [1.82, 2.24) is 5.31 Å². The maximum Gasteiger partial charge on any atom is 0.122 e. The summed E-state index contributed by atoms with van der Waals surface area (Å²) in [7, 11) is 0. The molecule has 1 spiro atoms. The Labute approximate surface area is 51.9 Å². The summed E-state index contributed by atoms with van der Waals surface area (Å²) in [4.78, 5) is 0. The van der Waals surface area contributed by atoms with Crippen molar-refractivity contribution in [3.05, 3.63) is 0 Å². The van der Waals surface area contributed by atoms with Crippen LogP contribution in [-0.4, -0.2) is 13.1 Å². The molecular formula is C7H13N. The van der Waals surface area contributed by atoms with E-state index in [0.717, 1.165) is 18.5 Å². The molecule has 0 radical (unpaired) electrons. The molecule has 0 atom stereocenters. The summed E-state index contributed by atoms with van der Waals surface area (Å²) in [5.74, 6) is 0. The van der Waals surface area contributed by atoms with Crippen molar-refractivity contribution in [2.75, 3.05) is 13.1 Å². The summed E-state index contributed by atoms with van der Waals surface area (Å²) < 4.78 is 7.31. The lowest BCUT2D eigenvalue weighted by Gasteiger charge is -2.20. The largest absolute Gasteiger partial charge is 0.317 e. The zero-order valence-electron chi connectivity index (χ0n) is 6.19. The highest BCUT2D eigenvalue weighted by Gasteiger charge is 2.42. The van der Waals surface area contributed by atoms with E-state index < -0.39 is 0 Å². The molecule has 2 aliphatic rings. The second-order valence-electron chi connectivity index (χ2n) is 3.17. The summed E-state index contributed by atoms with van der Waals surface area (Å²) in [5.41, 5.74) is 0.748. The van der Waals surface area contributed by atoms with E-state index in [1.165, 1.54) is 25.7 Å². The first-order chi connectivity index (χ1) is 4.31. The highest BCUT2D eigenvalue weighted by molar-refractivity contribution is 4.95. The van der Waals surface area contributed by atoms with Gasteiger partial charge in [0.1, 0.15) is 1.41 Å². The summed E-state index contributed by atoms with van der Waals surface area (Å²) in [5, 5.41) is 1.70. The Balaban J connectivity index is 1.91. The van der Waals surface area contributed by atoms with Gasteiger partial charge in [0.2, 0.25) is 0 Å². The van der Waals surface area contributed by atoms with Gasteiger partial charge in [-0.3, -0.25) is 0 Å². The van der Waals surface area contributed by atoms with Crippen molar-refractivity contribution in [2.24, 2.45) is 5.41 Å². The van der Waals surface area contributed by atoms with Gasteiger partial charge in [0.15, 0.2) is 0 Å². The van der Waals surface area contributed by atoms with E-state index in [-0.39, 0.29) is 0 Å². The normalized spacial score (nSPS) is 37.2. The van der Waals surface area contributed by atoms with Crippen LogP contribution in [0.5, 0.6) is 0 Å². The maximum atomic E-state index is 7.31. The van der Waals surface area contributed by atoms with Crippen molar-refractivity contribution >= 4 is 0 Å². The number of hydrogen-bond donors (Lipinski definition) is 1. The lowest BCUT2D eigenvalue weighted by molar-refractivity contribution is 0.353. The van der Waals surface area contributed by atoms with Gasteiger partial charge in [0.25, 0.3) is 0 Å². The van der Waals surface area contributed by atoms with Gasteiger partial charge >= 0.3 is 0 Å². The molecule has 0 aromatic rings. The average molecular weight is 112 g/mol. The Morgan fingerprint density at radius 1 is 1.12 bits per heavy atom. The van der Waals surface area contributed by atoms with Crippen molar-refractivity contribution in [2.45, 2.75) is 25.7 Å². The van der Waals surface area contributed by atoms with Crippen molar-refractivity contribution in [1.29, 1.82) is 0 Å². The van der Waals surface area contributed by atoms with Crippen LogP contribution in [0.15, 0.2) is 0 Å². The Bertz CT molecular complexity index is 110. The van der Waals surface area contributed by atoms with Gasteiger partial charge in [-0.2, -0.15) is 0 Å². The van der Waals surface area contributed by atoms with Gasteiger partial charge in [-0.1, -0.05) is 0 Å². The van der Waals surface area contributed by atoms with Crippen LogP contribution < -0.4 is 5.31 Å². The van der Waals surface area contributed by atoms with Crippen LogP contribution >= 0.6 is 0 Å². The van der Waals surface area contributed by atoms with Gasteiger partial charge in [0, 0.05) is 0 Å². The second-order valence-corrected chi connectivity index (χ2v) is 3.17. The lowest BCUT2D eigenvalue weighted by Crippen LogP contribution is -2.28.